The van der Waals surface area contributed by atoms with E-state index < -0.39 is 21.7 Å². The summed E-state index contributed by atoms with van der Waals surface area (Å²) < 4.78 is 55.5. The van der Waals surface area contributed by atoms with Crippen LogP contribution < -0.4 is 9.62 Å². The Kier molecular flexibility index (Phi) is 6.30. The third-order valence-corrected chi connectivity index (χ3v) is 5.67. The summed E-state index contributed by atoms with van der Waals surface area (Å²) in [5.74, 6) is -1.78. The smallest absolute Gasteiger partial charge is 0.265 e. The Labute approximate surface area is 178 Å². The van der Waals surface area contributed by atoms with Crippen LogP contribution in [0.15, 0.2) is 53.7 Å². The van der Waals surface area contributed by atoms with Crippen molar-refractivity contribution in [1.29, 1.82) is 0 Å². The Morgan fingerprint density at radius 1 is 1.06 bits per heavy atom. The number of benzene rings is 1. The van der Waals surface area contributed by atoms with Gasteiger partial charge in [-0.15, -0.1) is 0 Å². The monoisotopic (exact) mass is 446 g/mol. The molecule has 0 saturated carbocycles. The van der Waals surface area contributed by atoms with Crippen LogP contribution in [-0.4, -0.2) is 38.3 Å². The average molecular weight is 446 g/mol. The van der Waals surface area contributed by atoms with Gasteiger partial charge < -0.3 is 4.90 Å². The topological polar surface area (TPSA) is 92.3 Å². The van der Waals surface area contributed by atoms with Gasteiger partial charge in [0.15, 0.2) is 0 Å². The van der Waals surface area contributed by atoms with Crippen molar-refractivity contribution in [2.75, 3.05) is 23.7 Å². The van der Waals surface area contributed by atoms with Crippen LogP contribution in [0.3, 0.4) is 0 Å². The van der Waals surface area contributed by atoms with Gasteiger partial charge in [-0.1, -0.05) is 0 Å². The largest absolute Gasteiger partial charge is 0.362 e. The van der Waals surface area contributed by atoms with Crippen LogP contribution in [-0.2, 0) is 21.2 Å². The number of carbonyl (C=O) groups is 1. The lowest BCUT2D eigenvalue weighted by molar-refractivity contribution is -0.116. The summed E-state index contributed by atoms with van der Waals surface area (Å²) in [6.07, 6.45) is 3.17. The summed E-state index contributed by atoms with van der Waals surface area (Å²) in [7, 11) is -1.03. The molecule has 0 atom stereocenters. The maximum atomic E-state index is 14.0. The van der Waals surface area contributed by atoms with E-state index in [-0.39, 0.29) is 28.6 Å². The Hall–Kier alpha value is -3.40. The zero-order valence-electron chi connectivity index (χ0n) is 17.1. The second-order valence-corrected chi connectivity index (χ2v) is 8.74. The third-order valence-electron chi connectivity index (χ3n) is 4.30. The van der Waals surface area contributed by atoms with E-state index in [0.717, 1.165) is 12.1 Å². The number of hydrogen-bond acceptors (Lipinski definition) is 6. The number of nitrogens with zero attached hydrogens (tertiary/aromatic N) is 3. The molecule has 3 aromatic rings. The zero-order valence-corrected chi connectivity index (χ0v) is 17.9. The highest BCUT2D eigenvalue weighted by molar-refractivity contribution is 7.92. The predicted octanol–water partition coefficient (Wildman–Crippen LogP) is 3.42. The van der Waals surface area contributed by atoms with E-state index in [1.165, 1.54) is 30.3 Å². The first kappa shape index (κ1) is 22.3. The highest BCUT2D eigenvalue weighted by Gasteiger charge is 2.24. The molecule has 2 heterocycles. The van der Waals surface area contributed by atoms with Gasteiger partial charge in [0.1, 0.15) is 28.1 Å². The standard InChI is InChI=1S/C21H20F2N4O3S/c1-13(28)8-17-9-14(6-7-24-17)15-10-20(21(25-12-15)27(2)3)31(29,30)26-19-5-4-16(22)11-18(19)23/h4-7,9-12,26H,8H2,1-3H3. The van der Waals surface area contributed by atoms with Gasteiger partial charge in [0.25, 0.3) is 10.0 Å². The maximum absolute atomic E-state index is 14.0. The van der Waals surface area contributed by atoms with Crippen LogP contribution in [0.1, 0.15) is 12.6 Å². The molecular weight excluding hydrogens is 426 g/mol. The van der Waals surface area contributed by atoms with Gasteiger partial charge in [0.2, 0.25) is 0 Å². The number of sulfonamides is 1. The molecule has 0 fully saturated rings. The first-order valence-electron chi connectivity index (χ1n) is 9.17. The van der Waals surface area contributed by atoms with E-state index in [1.807, 2.05) is 0 Å². The molecule has 2 aromatic heterocycles. The molecule has 3 rings (SSSR count). The number of Topliss-reactive ketones (excluding diaryl/α,β-unsaturated/α-hetero) is 1. The van der Waals surface area contributed by atoms with Gasteiger partial charge in [-0.05, 0) is 42.8 Å². The minimum Gasteiger partial charge on any atom is -0.362 e. The Bertz CT molecular complexity index is 1250. The van der Waals surface area contributed by atoms with Crippen molar-refractivity contribution in [3.63, 3.8) is 0 Å². The highest BCUT2D eigenvalue weighted by atomic mass is 32.2. The Morgan fingerprint density at radius 2 is 1.81 bits per heavy atom. The molecule has 0 saturated heterocycles. The van der Waals surface area contributed by atoms with Crippen LogP contribution in [0.4, 0.5) is 20.3 Å². The second-order valence-electron chi connectivity index (χ2n) is 7.08. The molecule has 0 unspecified atom stereocenters. The van der Waals surface area contributed by atoms with Crippen LogP contribution in [0.2, 0.25) is 0 Å². The summed E-state index contributed by atoms with van der Waals surface area (Å²) in [5.41, 5.74) is 1.24. The normalized spacial score (nSPS) is 11.3. The van der Waals surface area contributed by atoms with Crippen LogP contribution >= 0.6 is 0 Å². The molecule has 0 spiro atoms. The van der Waals surface area contributed by atoms with Crippen LogP contribution in [0.25, 0.3) is 11.1 Å². The summed E-state index contributed by atoms with van der Waals surface area (Å²) >= 11 is 0. The number of pyridine rings is 2. The highest BCUT2D eigenvalue weighted by Crippen LogP contribution is 2.30. The number of ketones is 1. The molecule has 0 aliphatic heterocycles. The van der Waals surface area contributed by atoms with E-state index in [4.69, 9.17) is 0 Å². The van der Waals surface area contributed by atoms with Crippen molar-refractivity contribution in [3.8, 4) is 11.1 Å². The molecule has 10 heteroatoms. The zero-order chi connectivity index (χ0) is 22.8. The quantitative estimate of drug-likeness (QED) is 0.598. The molecule has 0 bridgehead atoms. The first-order chi connectivity index (χ1) is 14.6. The molecule has 0 amide bonds. The molecule has 162 valence electrons. The van der Waals surface area contributed by atoms with Crippen molar-refractivity contribution < 1.29 is 22.0 Å². The molecular formula is C21H20F2N4O3S. The molecule has 0 radical (unpaired) electrons. The van der Waals surface area contributed by atoms with Crippen molar-refractivity contribution in [2.24, 2.45) is 0 Å². The van der Waals surface area contributed by atoms with Crippen molar-refractivity contribution >= 4 is 27.3 Å². The van der Waals surface area contributed by atoms with E-state index in [9.17, 15) is 22.0 Å². The Balaban J connectivity index is 2.07. The lowest BCUT2D eigenvalue weighted by Crippen LogP contribution is -2.20. The van der Waals surface area contributed by atoms with Gasteiger partial charge >= 0.3 is 0 Å². The number of aromatic nitrogens is 2. The fourth-order valence-electron chi connectivity index (χ4n) is 2.91. The van der Waals surface area contributed by atoms with E-state index >= 15 is 0 Å². The molecule has 0 aliphatic carbocycles. The molecule has 1 N–H and O–H groups in total. The van der Waals surface area contributed by atoms with Crippen molar-refractivity contribution in [1.82, 2.24) is 9.97 Å². The molecule has 1 aromatic carbocycles. The number of rotatable bonds is 7. The van der Waals surface area contributed by atoms with Gasteiger partial charge in [-0.3, -0.25) is 14.5 Å². The van der Waals surface area contributed by atoms with E-state index in [0.29, 0.717) is 22.9 Å². The number of halogens is 2. The summed E-state index contributed by atoms with van der Waals surface area (Å²) in [6.45, 7) is 1.45. The van der Waals surface area contributed by atoms with Gasteiger partial charge in [-0.2, -0.15) is 0 Å². The summed E-state index contributed by atoms with van der Waals surface area (Å²) in [4.78, 5) is 21.1. The van der Waals surface area contributed by atoms with Crippen molar-refractivity contribution in [2.45, 2.75) is 18.2 Å². The fraction of sp³-hybridized carbons (Fsp3) is 0.190. The van der Waals surface area contributed by atoms with E-state index in [1.54, 1.807) is 26.2 Å². The van der Waals surface area contributed by atoms with Gasteiger partial charge in [0.05, 0.1) is 5.69 Å². The van der Waals surface area contributed by atoms with Crippen LogP contribution in [0, 0.1) is 11.6 Å². The third kappa shape index (κ3) is 5.21. The average Bonchev–Trinajstić information content (AvgIpc) is 2.69. The number of carbonyl (C=O) groups excluding carboxylic acids is 1. The molecule has 31 heavy (non-hydrogen) atoms. The Morgan fingerprint density at radius 3 is 2.45 bits per heavy atom. The molecule has 7 nitrogen and oxygen atoms in total. The summed E-state index contributed by atoms with van der Waals surface area (Å²) in [5, 5.41) is 0. The van der Waals surface area contributed by atoms with Crippen molar-refractivity contribution in [3.05, 3.63) is 66.1 Å². The van der Waals surface area contributed by atoms with E-state index in [2.05, 4.69) is 14.7 Å². The fourth-order valence-corrected chi connectivity index (χ4v) is 4.23. The van der Waals surface area contributed by atoms with Crippen LogP contribution in [0.5, 0.6) is 0 Å². The first-order valence-corrected chi connectivity index (χ1v) is 10.6. The number of nitrogens with one attached hydrogen (secondary N) is 1. The minimum atomic E-state index is -4.27. The second kappa shape index (κ2) is 8.76. The number of hydrogen-bond donors (Lipinski definition) is 1. The van der Waals surface area contributed by atoms with Gasteiger partial charge in [0, 0.05) is 50.2 Å². The number of anilines is 2. The maximum Gasteiger partial charge on any atom is 0.265 e. The van der Waals surface area contributed by atoms with Gasteiger partial charge in [-0.25, -0.2) is 22.2 Å². The molecule has 0 aliphatic rings. The SMILES string of the molecule is CC(=O)Cc1cc(-c2cnc(N(C)C)c(S(=O)(=O)Nc3ccc(F)cc3F)c2)ccn1. The summed E-state index contributed by atoms with van der Waals surface area (Å²) in [6, 6.07) is 7.30. The lowest BCUT2D eigenvalue weighted by atomic mass is 10.1. The minimum absolute atomic E-state index is 0.0560. The predicted molar refractivity (Wildman–Crippen MR) is 113 cm³/mol. The lowest BCUT2D eigenvalue weighted by Gasteiger charge is -2.18.